The Balaban J connectivity index is 1.44. The van der Waals surface area contributed by atoms with Crippen LogP contribution in [0.3, 0.4) is 0 Å². The van der Waals surface area contributed by atoms with Gasteiger partial charge in [0.2, 0.25) is 0 Å². The van der Waals surface area contributed by atoms with Crippen molar-refractivity contribution in [1.29, 1.82) is 0 Å². The van der Waals surface area contributed by atoms with Crippen molar-refractivity contribution in [2.45, 2.75) is 44.6 Å². The van der Waals surface area contributed by atoms with Crippen LogP contribution in [0.5, 0.6) is 0 Å². The fraction of sp³-hybridized carbons (Fsp3) is 0.290. The average molecular weight is 768 g/mol. The molecule has 1 aliphatic rings. The highest BCUT2D eigenvalue weighted by Gasteiger charge is 2.22. The van der Waals surface area contributed by atoms with Gasteiger partial charge in [0.25, 0.3) is 11.8 Å². The first kappa shape index (κ1) is 33.8. The number of benzene rings is 3. The van der Waals surface area contributed by atoms with E-state index in [9.17, 15) is 19.5 Å². The fourth-order valence-electron chi connectivity index (χ4n) is 4.98. The Bertz CT molecular complexity index is 1540. The van der Waals surface area contributed by atoms with E-state index in [4.69, 9.17) is 28.9 Å². The Morgan fingerprint density at radius 2 is 1.61 bits per heavy atom. The van der Waals surface area contributed by atoms with Crippen LogP contribution >= 0.6 is 55.1 Å². The molecule has 0 saturated heterocycles. The van der Waals surface area contributed by atoms with Crippen LogP contribution in [0.2, 0.25) is 10.0 Å². The third-order valence-electron chi connectivity index (χ3n) is 7.24. The lowest BCUT2D eigenvalue weighted by molar-refractivity contribution is -0.138. The summed E-state index contributed by atoms with van der Waals surface area (Å²) in [6.45, 7) is 0.587. The normalized spacial score (nSPS) is 14.5. The summed E-state index contributed by atoms with van der Waals surface area (Å²) in [5.74, 6) is -1.63. The number of anilines is 2. The number of carbonyl (C=O) groups is 3. The monoisotopic (exact) mass is 765 g/mol. The molecule has 0 unspecified atom stereocenters. The molecule has 6 N–H and O–H groups in total. The van der Waals surface area contributed by atoms with Crippen LogP contribution in [0.4, 0.5) is 11.4 Å². The zero-order valence-electron chi connectivity index (χ0n) is 23.5. The first-order chi connectivity index (χ1) is 21.0. The molecule has 1 fully saturated rings. The Hall–Kier alpha value is -3.12. The Morgan fingerprint density at radius 1 is 0.955 bits per heavy atom. The van der Waals surface area contributed by atoms with Gasteiger partial charge in [0, 0.05) is 27.6 Å². The molecule has 1 saturated carbocycles. The van der Waals surface area contributed by atoms with Gasteiger partial charge in [-0.25, -0.2) is 9.79 Å². The van der Waals surface area contributed by atoms with Crippen molar-refractivity contribution in [3.05, 3.63) is 90.3 Å². The number of carboxylic acid groups (broad SMARTS) is 1. The highest BCUT2D eigenvalue weighted by Crippen LogP contribution is 2.31. The summed E-state index contributed by atoms with van der Waals surface area (Å²) >= 11 is 19.2. The maximum absolute atomic E-state index is 13.2. The smallest absolute Gasteiger partial charge is 0.328 e. The molecule has 0 aromatic heterocycles. The van der Waals surface area contributed by atoms with E-state index in [1.54, 1.807) is 54.6 Å². The number of carboxylic acids is 1. The molecule has 0 heterocycles. The van der Waals surface area contributed by atoms with Crippen LogP contribution in [-0.4, -0.2) is 41.4 Å². The van der Waals surface area contributed by atoms with Gasteiger partial charge < -0.3 is 26.8 Å². The predicted molar refractivity (Wildman–Crippen MR) is 182 cm³/mol. The largest absolute Gasteiger partial charge is 0.480 e. The third-order valence-corrected chi connectivity index (χ3v) is 8.95. The molecule has 9 nitrogen and oxygen atoms in total. The minimum absolute atomic E-state index is 0.0263. The number of rotatable bonds is 10. The van der Waals surface area contributed by atoms with Crippen molar-refractivity contribution in [3.63, 3.8) is 0 Å². The molecule has 13 heteroatoms. The van der Waals surface area contributed by atoms with Crippen LogP contribution in [0.15, 0.2) is 68.5 Å². The van der Waals surface area contributed by atoms with Crippen LogP contribution in [-0.2, 0) is 11.2 Å². The van der Waals surface area contributed by atoms with Gasteiger partial charge in [0.05, 0.1) is 26.9 Å². The van der Waals surface area contributed by atoms with Gasteiger partial charge in [-0.3, -0.25) is 9.59 Å². The quantitative estimate of drug-likeness (QED) is 0.107. The van der Waals surface area contributed by atoms with Gasteiger partial charge in [-0.1, -0.05) is 76.6 Å². The van der Waals surface area contributed by atoms with Crippen molar-refractivity contribution >= 4 is 90.2 Å². The molecule has 0 bridgehead atoms. The molecule has 0 spiro atoms. The standard InChI is InChI=1S/C31H31Br2Cl2N5O4/c32-19-14-21(28(41)37-16-18-5-2-1-3-6-18)27(22(33)15-19)40-31(36)39-25(30(43)44)13-17-9-11-20(12-10-17)38-29(42)26-23(34)7-4-8-24(26)35/h4,7-12,14-15,18,25H,1-3,5-6,13,16H2,(H,37,41)(H,38,42)(H,43,44)(H3,36,39,40)/t25-/m0/s1. The summed E-state index contributed by atoms with van der Waals surface area (Å²) < 4.78 is 1.24. The van der Waals surface area contributed by atoms with E-state index in [2.05, 4.69) is 52.8 Å². The number of amides is 2. The number of aliphatic imine (C=N–C) groups is 1. The summed E-state index contributed by atoms with van der Waals surface area (Å²) in [7, 11) is 0. The number of nitrogens with zero attached hydrogens (tertiary/aromatic N) is 1. The Kier molecular flexibility index (Phi) is 12.1. The molecule has 1 aliphatic carbocycles. The van der Waals surface area contributed by atoms with E-state index in [0.29, 0.717) is 43.9 Å². The Morgan fingerprint density at radius 3 is 2.25 bits per heavy atom. The highest BCUT2D eigenvalue weighted by atomic mass is 79.9. The minimum atomic E-state index is -1.22. The van der Waals surface area contributed by atoms with Crippen LogP contribution in [0.25, 0.3) is 0 Å². The first-order valence-electron chi connectivity index (χ1n) is 14.0. The molecular formula is C31H31Br2Cl2N5O4. The molecule has 232 valence electrons. The lowest BCUT2D eigenvalue weighted by Crippen LogP contribution is -2.33. The molecule has 3 aromatic carbocycles. The number of guanidine groups is 1. The molecule has 1 atom stereocenters. The summed E-state index contributed by atoms with van der Waals surface area (Å²) in [5.41, 5.74) is 8.15. The highest BCUT2D eigenvalue weighted by molar-refractivity contribution is 9.11. The lowest BCUT2D eigenvalue weighted by atomic mass is 9.89. The average Bonchev–Trinajstić information content (AvgIpc) is 2.98. The summed E-state index contributed by atoms with van der Waals surface area (Å²) in [4.78, 5) is 42.1. The number of nitrogens with two attached hydrogens (primary N) is 1. The van der Waals surface area contributed by atoms with Crippen molar-refractivity contribution in [2.75, 3.05) is 17.2 Å². The molecule has 2 amide bonds. The van der Waals surface area contributed by atoms with Gasteiger partial charge in [-0.05, 0) is 76.7 Å². The number of hydrogen-bond donors (Lipinski definition) is 5. The molecular weight excluding hydrogens is 737 g/mol. The van der Waals surface area contributed by atoms with E-state index in [1.807, 2.05) is 0 Å². The third kappa shape index (κ3) is 9.20. The van der Waals surface area contributed by atoms with Gasteiger partial charge >= 0.3 is 5.97 Å². The molecule has 0 aliphatic heterocycles. The van der Waals surface area contributed by atoms with Crippen LogP contribution in [0.1, 0.15) is 58.4 Å². The molecule has 3 aromatic rings. The fourth-order valence-corrected chi connectivity index (χ4v) is 6.87. The second kappa shape index (κ2) is 15.7. The lowest BCUT2D eigenvalue weighted by Gasteiger charge is -2.22. The van der Waals surface area contributed by atoms with Gasteiger partial charge in [-0.2, -0.15) is 0 Å². The van der Waals surface area contributed by atoms with Crippen molar-refractivity contribution in [3.8, 4) is 0 Å². The summed E-state index contributed by atoms with van der Waals surface area (Å²) in [6.07, 6.45) is 5.80. The van der Waals surface area contributed by atoms with Crippen molar-refractivity contribution in [1.82, 2.24) is 5.32 Å². The molecule has 4 rings (SSSR count). The number of halogens is 4. The summed E-state index contributed by atoms with van der Waals surface area (Å²) in [5, 5.41) is 19.0. The number of aliphatic carboxylic acids is 1. The van der Waals surface area contributed by atoms with Crippen LogP contribution < -0.4 is 21.7 Å². The zero-order chi connectivity index (χ0) is 31.8. The van der Waals surface area contributed by atoms with Gasteiger partial charge in [0.15, 0.2) is 12.0 Å². The van der Waals surface area contributed by atoms with E-state index >= 15 is 0 Å². The van der Waals surface area contributed by atoms with E-state index in [-0.39, 0.29) is 33.9 Å². The maximum Gasteiger partial charge on any atom is 0.328 e. The van der Waals surface area contributed by atoms with Gasteiger partial charge in [-0.15, -0.1) is 0 Å². The van der Waals surface area contributed by atoms with Crippen molar-refractivity contribution < 1.29 is 19.5 Å². The van der Waals surface area contributed by atoms with E-state index in [0.717, 1.165) is 12.8 Å². The number of hydrogen-bond acceptors (Lipinski definition) is 4. The second-order valence-electron chi connectivity index (χ2n) is 10.5. The van der Waals surface area contributed by atoms with Gasteiger partial charge in [0.1, 0.15) is 0 Å². The second-order valence-corrected chi connectivity index (χ2v) is 13.1. The first-order valence-corrected chi connectivity index (χ1v) is 16.3. The Labute approximate surface area is 282 Å². The molecule has 44 heavy (non-hydrogen) atoms. The van der Waals surface area contributed by atoms with Crippen LogP contribution in [0, 0.1) is 5.92 Å². The SMILES string of the molecule is NC(=N[C@@H](Cc1ccc(NC(=O)c2c(Cl)cccc2Cl)cc1)C(=O)O)Nc1c(Br)cc(Br)cc1C(=O)NCC1CCCCC1. The number of nitrogens with one attached hydrogen (secondary N) is 3. The summed E-state index contributed by atoms with van der Waals surface area (Å²) in [6, 6.07) is 13.6. The maximum atomic E-state index is 13.2. The van der Waals surface area contributed by atoms with E-state index in [1.165, 1.54) is 19.3 Å². The zero-order valence-corrected chi connectivity index (χ0v) is 28.2. The number of carbonyl (C=O) groups excluding carboxylic acids is 2. The minimum Gasteiger partial charge on any atom is -0.480 e. The molecule has 0 radical (unpaired) electrons. The van der Waals surface area contributed by atoms with E-state index < -0.39 is 17.9 Å². The van der Waals surface area contributed by atoms with Crippen molar-refractivity contribution in [2.24, 2.45) is 16.6 Å². The predicted octanol–water partition coefficient (Wildman–Crippen LogP) is 7.50. The topological polar surface area (TPSA) is 146 Å².